The summed E-state index contributed by atoms with van der Waals surface area (Å²) < 4.78 is 0. The third kappa shape index (κ3) is 3.36. The summed E-state index contributed by atoms with van der Waals surface area (Å²) in [4.78, 5) is 0. The van der Waals surface area contributed by atoms with Crippen molar-refractivity contribution in [3.63, 3.8) is 0 Å². The van der Waals surface area contributed by atoms with E-state index in [-0.39, 0.29) is 0 Å². The van der Waals surface area contributed by atoms with Gasteiger partial charge in [0.15, 0.2) is 0 Å². The van der Waals surface area contributed by atoms with E-state index in [0.717, 1.165) is 11.2 Å². The van der Waals surface area contributed by atoms with Gasteiger partial charge < -0.3 is 5.73 Å². The van der Waals surface area contributed by atoms with Crippen molar-refractivity contribution in [2.45, 2.75) is 50.8 Å². The zero-order chi connectivity index (χ0) is 8.97. The standard InChI is InChI=1S/C10H21NS/c1-8(2)7-12-10-6-4-3-5-9(10)11/h8-10H,3-7,11H2,1-2H3. The highest BCUT2D eigenvalue weighted by Crippen LogP contribution is 2.28. The van der Waals surface area contributed by atoms with Gasteiger partial charge in [-0.3, -0.25) is 0 Å². The van der Waals surface area contributed by atoms with Crippen molar-refractivity contribution >= 4 is 11.8 Å². The molecule has 1 aliphatic carbocycles. The molecule has 0 aliphatic heterocycles. The van der Waals surface area contributed by atoms with Gasteiger partial charge >= 0.3 is 0 Å². The van der Waals surface area contributed by atoms with Crippen LogP contribution in [0, 0.1) is 5.92 Å². The highest BCUT2D eigenvalue weighted by atomic mass is 32.2. The van der Waals surface area contributed by atoms with Crippen molar-refractivity contribution < 1.29 is 0 Å². The zero-order valence-electron chi connectivity index (χ0n) is 8.25. The van der Waals surface area contributed by atoms with Crippen LogP contribution >= 0.6 is 11.8 Å². The van der Waals surface area contributed by atoms with Gasteiger partial charge in [0.05, 0.1) is 0 Å². The maximum absolute atomic E-state index is 6.04. The summed E-state index contributed by atoms with van der Waals surface area (Å²) in [5, 5.41) is 0.751. The fourth-order valence-electron chi connectivity index (χ4n) is 1.65. The topological polar surface area (TPSA) is 26.0 Å². The van der Waals surface area contributed by atoms with Crippen molar-refractivity contribution in [1.29, 1.82) is 0 Å². The first-order valence-corrected chi connectivity index (χ1v) is 6.12. The number of rotatable bonds is 3. The largest absolute Gasteiger partial charge is 0.327 e. The second kappa shape index (κ2) is 5.13. The molecule has 0 aromatic rings. The minimum Gasteiger partial charge on any atom is -0.327 e. The molecule has 2 unspecified atom stereocenters. The third-order valence-corrected chi connectivity index (χ3v) is 4.27. The van der Waals surface area contributed by atoms with Gasteiger partial charge in [0.2, 0.25) is 0 Å². The first-order chi connectivity index (χ1) is 5.70. The first kappa shape index (κ1) is 10.4. The van der Waals surface area contributed by atoms with E-state index in [4.69, 9.17) is 5.73 Å². The summed E-state index contributed by atoms with van der Waals surface area (Å²) in [6, 6.07) is 0.475. The summed E-state index contributed by atoms with van der Waals surface area (Å²) >= 11 is 2.09. The molecule has 1 saturated carbocycles. The molecule has 0 aromatic heterocycles. The number of hydrogen-bond donors (Lipinski definition) is 1. The second-order valence-corrected chi connectivity index (χ2v) is 5.49. The Labute approximate surface area is 80.5 Å². The van der Waals surface area contributed by atoms with Gasteiger partial charge in [-0.25, -0.2) is 0 Å². The van der Waals surface area contributed by atoms with Gasteiger partial charge in [0.1, 0.15) is 0 Å². The summed E-state index contributed by atoms with van der Waals surface area (Å²) in [6.07, 6.45) is 5.33. The molecule has 72 valence electrons. The van der Waals surface area contributed by atoms with Gasteiger partial charge in [0.25, 0.3) is 0 Å². The van der Waals surface area contributed by atoms with E-state index in [0.29, 0.717) is 6.04 Å². The molecule has 0 spiro atoms. The van der Waals surface area contributed by atoms with Crippen molar-refractivity contribution in [3.8, 4) is 0 Å². The van der Waals surface area contributed by atoms with E-state index < -0.39 is 0 Å². The Morgan fingerprint density at radius 3 is 2.58 bits per heavy atom. The molecule has 1 rings (SSSR count). The molecule has 2 heteroatoms. The van der Waals surface area contributed by atoms with Crippen molar-refractivity contribution in [3.05, 3.63) is 0 Å². The average Bonchev–Trinajstić information content (AvgIpc) is 2.03. The minimum absolute atomic E-state index is 0.475. The van der Waals surface area contributed by atoms with Gasteiger partial charge in [-0.15, -0.1) is 0 Å². The number of nitrogens with two attached hydrogens (primary N) is 1. The molecule has 0 saturated heterocycles. The minimum atomic E-state index is 0.475. The lowest BCUT2D eigenvalue weighted by molar-refractivity contribution is 0.453. The van der Waals surface area contributed by atoms with Crippen LogP contribution in [-0.2, 0) is 0 Å². The molecule has 0 bridgehead atoms. The lowest BCUT2D eigenvalue weighted by Crippen LogP contribution is -2.35. The Bertz CT molecular complexity index is 125. The van der Waals surface area contributed by atoms with E-state index in [2.05, 4.69) is 25.6 Å². The number of thioether (sulfide) groups is 1. The molecular formula is C10H21NS. The van der Waals surface area contributed by atoms with E-state index in [9.17, 15) is 0 Å². The van der Waals surface area contributed by atoms with Crippen LogP contribution in [0.4, 0.5) is 0 Å². The predicted molar refractivity (Wildman–Crippen MR) is 57.5 cm³/mol. The predicted octanol–water partition coefficient (Wildman–Crippen LogP) is 2.65. The van der Waals surface area contributed by atoms with Gasteiger partial charge in [-0.2, -0.15) is 11.8 Å². The van der Waals surface area contributed by atoms with E-state index in [1.807, 2.05) is 0 Å². The SMILES string of the molecule is CC(C)CSC1CCCCC1N. The van der Waals surface area contributed by atoms with Crippen LogP contribution in [0.25, 0.3) is 0 Å². The van der Waals surface area contributed by atoms with E-state index in [1.54, 1.807) is 0 Å². The Kier molecular flexibility index (Phi) is 4.44. The molecule has 0 heterocycles. The molecule has 2 atom stereocenters. The van der Waals surface area contributed by atoms with Gasteiger partial charge in [-0.1, -0.05) is 26.7 Å². The van der Waals surface area contributed by atoms with Crippen LogP contribution in [0.3, 0.4) is 0 Å². The zero-order valence-corrected chi connectivity index (χ0v) is 9.07. The maximum atomic E-state index is 6.04. The summed E-state index contributed by atoms with van der Waals surface area (Å²) in [5.74, 6) is 2.09. The fraction of sp³-hybridized carbons (Fsp3) is 1.00. The molecule has 12 heavy (non-hydrogen) atoms. The van der Waals surface area contributed by atoms with E-state index in [1.165, 1.54) is 31.4 Å². The lowest BCUT2D eigenvalue weighted by atomic mass is 9.96. The molecular weight excluding hydrogens is 166 g/mol. The third-order valence-electron chi connectivity index (χ3n) is 2.40. The van der Waals surface area contributed by atoms with Crippen LogP contribution < -0.4 is 5.73 Å². The smallest absolute Gasteiger partial charge is 0.0199 e. The Hall–Kier alpha value is 0.310. The molecule has 0 radical (unpaired) electrons. The summed E-state index contributed by atoms with van der Waals surface area (Å²) in [7, 11) is 0. The Morgan fingerprint density at radius 2 is 2.00 bits per heavy atom. The lowest BCUT2D eigenvalue weighted by Gasteiger charge is -2.28. The van der Waals surface area contributed by atoms with Crippen LogP contribution in [0.15, 0.2) is 0 Å². The van der Waals surface area contributed by atoms with Crippen LogP contribution in [-0.4, -0.2) is 17.0 Å². The van der Waals surface area contributed by atoms with Crippen molar-refractivity contribution in [2.24, 2.45) is 11.7 Å². The molecule has 1 nitrogen and oxygen atoms in total. The molecule has 0 aromatic carbocycles. The van der Waals surface area contributed by atoms with Crippen LogP contribution in [0.5, 0.6) is 0 Å². The highest BCUT2D eigenvalue weighted by molar-refractivity contribution is 7.99. The Morgan fingerprint density at radius 1 is 1.33 bits per heavy atom. The van der Waals surface area contributed by atoms with E-state index >= 15 is 0 Å². The quantitative estimate of drug-likeness (QED) is 0.735. The van der Waals surface area contributed by atoms with Crippen LogP contribution in [0.1, 0.15) is 39.5 Å². The fourth-order valence-corrected chi connectivity index (χ4v) is 3.00. The first-order valence-electron chi connectivity index (χ1n) is 5.07. The molecule has 0 amide bonds. The van der Waals surface area contributed by atoms with Gasteiger partial charge in [0, 0.05) is 11.3 Å². The van der Waals surface area contributed by atoms with Crippen molar-refractivity contribution in [2.75, 3.05) is 5.75 Å². The highest BCUT2D eigenvalue weighted by Gasteiger charge is 2.21. The Balaban J connectivity index is 2.20. The molecule has 1 aliphatic rings. The monoisotopic (exact) mass is 187 g/mol. The summed E-state index contributed by atoms with van der Waals surface area (Å²) in [6.45, 7) is 4.56. The molecule has 1 fully saturated rings. The molecule has 2 N–H and O–H groups in total. The number of hydrogen-bond acceptors (Lipinski definition) is 2. The van der Waals surface area contributed by atoms with Crippen molar-refractivity contribution in [1.82, 2.24) is 0 Å². The maximum Gasteiger partial charge on any atom is 0.0199 e. The normalized spacial score (nSPS) is 31.0. The van der Waals surface area contributed by atoms with Gasteiger partial charge in [-0.05, 0) is 24.5 Å². The van der Waals surface area contributed by atoms with Crippen LogP contribution in [0.2, 0.25) is 0 Å². The summed E-state index contributed by atoms with van der Waals surface area (Å²) in [5.41, 5.74) is 6.04. The average molecular weight is 187 g/mol. The second-order valence-electron chi connectivity index (χ2n) is 4.21.